The second kappa shape index (κ2) is 8.88. The first-order chi connectivity index (χ1) is 13.4. The van der Waals surface area contributed by atoms with Crippen molar-refractivity contribution in [2.45, 2.75) is 44.0 Å². The number of amides is 1. The van der Waals surface area contributed by atoms with Crippen LogP contribution in [0.2, 0.25) is 0 Å². The number of hydrogen-bond donors (Lipinski definition) is 1. The maximum absolute atomic E-state index is 12.8. The third kappa shape index (κ3) is 4.80. The van der Waals surface area contributed by atoms with E-state index >= 15 is 0 Å². The molecule has 150 valence electrons. The van der Waals surface area contributed by atoms with Gasteiger partial charge >= 0.3 is 0 Å². The summed E-state index contributed by atoms with van der Waals surface area (Å²) in [6, 6.07) is 16.1. The monoisotopic (exact) mass is 400 g/mol. The lowest BCUT2D eigenvalue weighted by atomic mass is 9.96. The van der Waals surface area contributed by atoms with Crippen molar-refractivity contribution in [3.05, 3.63) is 65.7 Å². The van der Waals surface area contributed by atoms with Crippen LogP contribution in [-0.2, 0) is 10.0 Å². The van der Waals surface area contributed by atoms with Crippen LogP contribution >= 0.6 is 0 Å². The van der Waals surface area contributed by atoms with Crippen molar-refractivity contribution in [3.63, 3.8) is 0 Å². The van der Waals surface area contributed by atoms with Gasteiger partial charge in [-0.05, 0) is 55.0 Å². The Bertz CT molecular complexity index is 887. The van der Waals surface area contributed by atoms with Gasteiger partial charge in [0.1, 0.15) is 0 Å². The Kier molecular flexibility index (Phi) is 6.52. The molecule has 0 saturated carbocycles. The molecule has 1 saturated heterocycles. The predicted octanol–water partition coefficient (Wildman–Crippen LogP) is 3.99. The molecule has 1 aliphatic heterocycles. The third-order valence-corrected chi connectivity index (χ3v) is 6.95. The van der Waals surface area contributed by atoms with Crippen molar-refractivity contribution in [2.75, 3.05) is 13.1 Å². The maximum atomic E-state index is 12.8. The first kappa shape index (κ1) is 20.6. The normalized spacial score (nSPS) is 16.2. The fourth-order valence-electron chi connectivity index (χ4n) is 3.53. The second-order valence-electron chi connectivity index (χ2n) is 7.70. The van der Waals surface area contributed by atoms with Gasteiger partial charge in [0.05, 0.1) is 10.9 Å². The molecule has 0 spiro atoms. The molecule has 2 aromatic carbocycles. The maximum Gasteiger partial charge on any atom is 0.251 e. The van der Waals surface area contributed by atoms with Crippen molar-refractivity contribution in [1.29, 1.82) is 0 Å². The van der Waals surface area contributed by atoms with E-state index in [1.807, 2.05) is 30.3 Å². The van der Waals surface area contributed by atoms with E-state index in [0.29, 0.717) is 24.6 Å². The molecule has 2 aromatic rings. The Labute approximate surface area is 167 Å². The van der Waals surface area contributed by atoms with Gasteiger partial charge in [-0.15, -0.1) is 0 Å². The number of carbonyl (C=O) groups excluding carboxylic acids is 1. The molecule has 0 radical (unpaired) electrons. The average Bonchev–Trinajstić information content (AvgIpc) is 3.23. The van der Waals surface area contributed by atoms with Crippen LogP contribution in [0, 0.1) is 5.92 Å². The van der Waals surface area contributed by atoms with Crippen LogP contribution in [0.4, 0.5) is 0 Å². The van der Waals surface area contributed by atoms with Gasteiger partial charge in [-0.1, -0.05) is 44.2 Å². The molecular weight excluding hydrogens is 372 g/mol. The summed E-state index contributed by atoms with van der Waals surface area (Å²) in [6.45, 7) is 5.39. The summed E-state index contributed by atoms with van der Waals surface area (Å²) in [4.78, 5) is 13.0. The Morgan fingerprint density at radius 1 is 1.00 bits per heavy atom. The topological polar surface area (TPSA) is 66.5 Å². The van der Waals surface area contributed by atoms with E-state index in [-0.39, 0.29) is 16.8 Å². The molecule has 3 rings (SSSR count). The molecule has 6 heteroatoms. The minimum Gasteiger partial charge on any atom is -0.345 e. The molecule has 1 aliphatic rings. The Balaban J connectivity index is 1.74. The Morgan fingerprint density at radius 3 is 2.18 bits per heavy atom. The number of benzene rings is 2. The quantitative estimate of drug-likeness (QED) is 0.764. The van der Waals surface area contributed by atoms with Crippen LogP contribution < -0.4 is 5.32 Å². The van der Waals surface area contributed by atoms with E-state index in [2.05, 4.69) is 19.2 Å². The van der Waals surface area contributed by atoms with Gasteiger partial charge in [0.2, 0.25) is 10.0 Å². The van der Waals surface area contributed by atoms with Crippen molar-refractivity contribution in [3.8, 4) is 0 Å². The van der Waals surface area contributed by atoms with E-state index in [1.54, 1.807) is 12.1 Å². The largest absolute Gasteiger partial charge is 0.345 e. The fourth-order valence-corrected chi connectivity index (χ4v) is 5.05. The SMILES string of the molecule is CC(C)CC(NC(=O)c1ccc(S(=O)(=O)N2CCCC2)cc1)c1ccccc1. The molecule has 1 heterocycles. The molecule has 28 heavy (non-hydrogen) atoms. The first-order valence-corrected chi connectivity index (χ1v) is 11.3. The Hall–Kier alpha value is -2.18. The summed E-state index contributed by atoms with van der Waals surface area (Å²) in [5.74, 6) is 0.234. The molecule has 5 nitrogen and oxygen atoms in total. The molecule has 0 aliphatic carbocycles. The van der Waals surface area contributed by atoms with Crippen LogP contribution in [0.25, 0.3) is 0 Å². The second-order valence-corrected chi connectivity index (χ2v) is 9.64. The summed E-state index contributed by atoms with van der Waals surface area (Å²) < 4.78 is 26.8. The van der Waals surface area contributed by atoms with E-state index < -0.39 is 10.0 Å². The number of rotatable bonds is 7. The fraction of sp³-hybridized carbons (Fsp3) is 0.409. The van der Waals surface area contributed by atoms with Gasteiger partial charge < -0.3 is 5.32 Å². The van der Waals surface area contributed by atoms with E-state index in [0.717, 1.165) is 24.8 Å². The highest BCUT2D eigenvalue weighted by Crippen LogP contribution is 2.23. The molecule has 0 aromatic heterocycles. The molecule has 1 fully saturated rings. The minimum atomic E-state index is -3.46. The third-order valence-electron chi connectivity index (χ3n) is 5.03. The zero-order chi connectivity index (χ0) is 20.1. The number of nitrogens with zero attached hydrogens (tertiary/aromatic N) is 1. The van der Waals surface area contributed by atoms with Gasteiger partial charge in [0, 0.05) is 18.7 Å². The van der Waals surface area contributed by atoms with E-state index in [4.69, 9.17) is 0 Å². The molecule has 1 atom stereocenters. The highest BCUT2D eigenvalue weighted by molar-refractivity contribution is 7.89. The summed E-state index contributed by atoms with van der Waals surface area (Å²) >= 11 is 0. The van der Waals surface area contributed by atoms with E-state index in [9.17, 15) is 13.2 Å². The summed E-state index contributed by atoms with van der Waals surface area (Å²) in [7, 11) is -3.46. The number of sulfonamides is 1. The summed E-state index contributed by atoms with van der Waals surface area (Å²) in [6.07, 6.45) is 2.63. The van der Waals surface area contributed by atoms with Crippen LogP contribution in [-0.4, -0.2) is 31.7 Å². The van der Waals surface area contributed by atoms with Gasteiger partial charge in [-0.25, -0.2) is 8.42 Å². The standard InChI is InChI=1S/C22H28N2O3S/c1-17(2)16-21(18-8-4-3-5-9-18)23-22(25)19-10-12-20(13-11-19)28(26,27)24-14-6-7-15-24/h3-5,8-13,17,21H,6-7,14-16H2,1-2H3,(H,23,25). The molecule has 1 amide bonds. The van der Waals surface area contributed by atoms with Gasteiger partial charge in [-0.2, -0.15) is 4.31 Å². The zero-order valence-electron chi connectivity index (χ0n) is 16.5. The Morgan fingerprint density at radius 2 is 1.61 bits per heavy atom. The lowest BCUT2D eigenvalue weighted by molar-refractivity contribution is 0.0932. The zero-order valence-corrected chi connectivity index (χ0v) is 17.3. The van der Waals surface area contributed by atoms with Crippen LogP contribution in [0.3, 0.4) is 0 Å². The summed E-state index contributed by atoms with van der Waals surface area (Å²) in [5, 5.41) is 3.10. The van der Waals surface area contributed by atoms with Crippen molar-refractivity contribution in [2.24, 2.45) is 5.92 Å². The van der Waals surface area contributed by atoms with Crippen molar-refractivity contribution in [1.82, 2.24) is 9.62 Å². The first-order valence-electron chi connectivity index (χ1n) is 9.84. The van der Waals surface area contributed by atoms with Crippen LogP contribution in [0.5, 0.6) is 0 Å². The highest BCUT2D eigenvalue weighted by Gasteiger charge is 2.27. The van der Waals surface area contributed by atoms with E-state index in [1.165, 1.54) is 16.4 Å². The molecule has 1 unspecified atom stereocenters. The van der Waals surface area contributed by atoms with Gasteiger partial charge in [-0.3, -0.25) is 4.79 Å². The van der Waals surface area contributed by atoms with Gasteiger partial charge in [0.15, 0.2) is 0 Å². The molecular formula is C22H28N2O3S. The number of hydrogen-bond acceptors (Lipinski definition) is 3. The molecule has 1 N–H and O–H groups in total. The lowest BCUT2D eigenvalue weighted by Gasteiger charge is -2.21. The summed E-state index contributed by atoms with van der Waals surface area (Å²) in [5.41, 5.74) is 1.53. The average molecular weight is 401 g/mol. The van der Waals surface area contributed by atoms with Crippen molar-refractivity contribution >= 4 is 15.9 Å². The minimum absolute atomic E-state index is 0.0818. The van der Waals surface area contributed by atoms with Crippen LogP contribution in [0.1, 0.15) is 55.1 Å². The number of nitrogens with one attached hydrogen (secondary N) is 1. The lowest BCUT2D eigenvalue weighted by Crippen LogP contribution is -2.30. The highest BCUT2D eigenvalue weighted by atomic mass is 32.2. The van der Waals surface area contributed by atoms with Crippen molar-refractivity contribution < 1.29 is 13.2 Å². The predicted molar refractivity (Wildman–Crippen MR) is 111 cm³/mol. The smallest absolute Gasteiger partial charge is 0.251 e. The van der Waals surface area contributed by atoms with Gasteiger partial charge in [0.25, 0.3) is 5.91 Å². The number of carbonyl (C=O) groups is 1. The van der Waals surface area contributed by atoms with Crippen LogP contribution in [0.15, 0.2) is 59.5 Å². The molecule has 0 bridgehead atoms.